The van der Waals surface area contributed by atoms with Crippen LogP contribution in [0.4, 0.5) is 8.78 Å². The summed E-state index contributed by atoms with van der Waals surface area (Å²) in [6.45, 7) is 3.97. The monoisotopic (exact) mass is 420 g/mol. The first-order chi connectivity index (χ1) is 15.0. The number of nitrogens with zero attached hydrogens (tertiary/aromatic N) is 3. The minimum absolute atomic E-state index is 0.105. The highest BCUT2D eigenvalue weighted by atomic mass is 19.3. The van der Waals surface area contributed by atoms with Crippen LogP contribution in [0.1, 0.15) is 53.0 Å². The van der Waals surface area contributed by atoms with Crippen molar-refractivity contribution in [2.24, 2.45) is 0 Å². The van der Waals surface area contributed by atoms with Crippen molar-refractivity contribution in [3.63, 3.8) is 0 Å². The number of aromatic nitrogens is 3. The van der Waals surface area contributed by atoms with E-state index >= 15 is 0 Å². The number of hydrogen-bond acceptors (Lipinski definition) is 3. The van der Waals surface area contributed by atoms with Gasteiger partial charge in [-0.1, -0.05) is 67.1 Å². The third kappa shape index (κ3) is 4.17. The molecule has 7 heteroatoms. The number of halogens is 2. The van der Waals surface area contributed by atoms with Crippen LogP contribution in [0.15, 0.2) is 66.9 Å². The van der Waals surface area contributed by atoms with Gasteiger partial charge in [0, 0.05) is 5.56 Å². The summed E-state index contributed by atoms with van der Waals surface area (Å²) in [6, 6.07) is 18.0. The minimum atomic E-state index is -2.76. The first-order valence-corrected chi connectivity index (χ1v) is 10.1. The van der Waals surface area contributed by atoms with Crippen LogP contribution in [0.5, 0.6) is 0 Å². The van der Waals surface area contributed by atoms with Gasteiger partial charge in [0.05, 0.1) is 17.9 Å². The smallest absolute Gasteiger partial charge is 0.280 e. The first-order valence-electron chi connectivity index (χ1n) is 10.1. The average Bonchev–Trinajstić information content (AvgIpc) is 3.22. The van der Waals surface area contributed by atoms with Crippen molar-refractivity contribution in [2.75, 3.05) is 0 Å². The molecule has 2 heterocycles. The van der Waals surface area contributed by atoms with Crippen LogP contribution < -0.4 is 5.32 Å². The molecule has 1 amide bonds. The van der Waals surface area contributed by atoms with Crippen LogP contribution in [0.3, 0.4) is 0 Å². The summed E-state index contributed by atoms with van der Waals surface area (Å²) in [5.74, 6) is -0.402. The first kappa shape index (κ1) is 20.7. The van der Waals surface area contributed by atoms with E-state index in [0.717, 1.165) is 15.6 Å². The summed E-state index contributed by atoms with van der Waals surface area (Å²) in [7, 11) is 0. The van der Waals surface area contributed by atoms with Crippen LogP contribution in [0.2, 0.25) is 0 Å². The Morgan fingerprint density at radius 2 is 1.81 bits per heavy atom. The Hall–Kier alpha value is -3.61. The van der Waals surface area contributed by atoms with Gasteiger partial charge >= 0.3 is 0 Å². The molecule has 0 fully saturated rings. The summed E-state index contributed by atoms with van der Waals surface area (Å²) < 4.78 is 28.5. The van der Waals surface area contributed by atoms with Crippen LogP contribution in [-0.4, -0.2) is 20.5 Å². The van der Waals surface area contributed by atoms with Crippen LogP contribution >= 0.6 is 0 Å². The van der Waals surface area contributed by atoms with Gasteiger partial charge in [0.15, 0.2) is 5.65 Å². The van der Waals surface area contributed by atoms with Gasteiger partial charge in [-0.2, -0.15) is 5.10 Å². The van der Waals surface area contributed by atoms with E-state index in [2.05, 4.69) is 15.4 Å². The molecule has 1 atom stereocenters. The van der Waals surface area contributed by atoms with E-state index in [0.29, 0.717) is 17.7 Å². The standard InChI is InChI=1S/C24H22F2N4O/c1-3-19(17-11-9-15(2)10-12-17)29-24(31)18-14-27-30-21(22(25)26)13-20(28-23(18)30)16-7-5-4-6-8-16/h4-14,19,22H,3H2,1-2H3,(H,29,31). The molecule has 0 saturated carbocycles. The molecule has 158 valence electrons. The van der Waals surface area contributed by atoms with Gasteiger partial charge in [0.2, 0.25) is 0 Å². The van der Waals surface area contributed by atoms with Gasteiger partial charge < -0.3 is 5.32 Å². The predicted octanol–water partition coefficient (Wildman–Crippen LogP) is 5.52. The van der Waals surface area contributed by atoms with E-state index in [-0.39, 0.29) is 22.9 Å². The number of alkyl halides is 2. The Morgan fingerprint density at radius 1 is 1.10 bits per heavy atom. The maximum Gasteiger partial charge on any atom is 0.280 e. The van der Waals surface area contributed by atoms with E-state index < -0.39 is 12.3 Å². The second-order valence-electron chi connectivity index (χ2n) is 7.37. The highest BCUT2D eigenvalue weighted by Crippen LogP contribution is 2.27. The quantitative estimate of drug-likeness (QED) is 0.447. The SMILES string of the molecule is CCC(NC(=O)c1cnn2c(C(F)F)cc(-c3ccccc3)nc12)c1ccc(C)cc1. The zero-order valence-electron chi connectivity index (χ0n) is 17.2. The number of rotatable bonds is 6. The molecule has 5 nitrogen and oxygen atoms in total. The summed E-state index contributed by atoms with van der Waals surface area (Å²) in [6.07, 6.45) is -0.793. The van der Waals surface area contributed by atoms with Crippen molar-refractivity contribution in [1.29, 1.82) is 0 Å². The molecular formula is C24H22F2N4O. The Morgan fingerprint density at radius 3 is 2.45 bits per heavy atom. The fourth-order valence-electron chi connectivity index (χ4n) is 3.51. The molecule has 2 aromatic heterocycles. The van der Waals surface area contributed by atoms with Crippen molar-refractivity contribution in [3.05, 3.63) is 89.2 Å². The second-order valence-corrected chi connectivity index (χ2v) is 7.37. The molecule has 0 bridgehead atoms. The number of aryl methyl sites for hydroxylation is 1. The molecule has 4 rings (SSSR count). The zero-order valence-corrected chi connectivity index (χ0v) is 17.2. The van der Waals surface area contributed by atoms with E-state index in [1.165, 1.54) is 12.3 Å². The highest BCUT2D eigenvalue weighted by molar-refractivity contribution is 6.00. The Labute approximate surface area is 178 Å². The van der Waals surface area contributed by atoms with Crippen molar-refractivity contribution in [3.8, 4) is 11.3 Å². The normalized spacial score (nSPS) is 12.3. The molecule has 1 unspecified atom stereocenters. The van der Waals surface area contributed by atoms with Crippen molar-refractivity contribution in [2.45, 2.75) is 32.7 Å². The number of carbonyl (C=O) groups is 1. The minimum Gasteiger partial charge on any atom is -0.345 e. The van der Waals surface area contributed by atoms with Crippen molar-refractivity contribution in [1.82, 2.24) is 19.9 Å². The number of hydrogen-bond donors (Lipinski definition) is 1. The lowest BCUT2D eigenvalue weighted by Gasteiger charge is -2.17. The molecule has 0 radical (unpaired) electrons. The van der Waals surface area contributed by atoms with E-state index in [4.69, 9.17) is 0 Å². The number of nitrogens with one attached hydrogen (secondary N) is 1. The molecule has 0 aliphatic rings. The fourth-order valence-corrected chi connectivity index (χ4v) is 3.51. The molecule has 1 N–H and O–H groups in total. The second kappa shape index (κ2) is 8.63. The molecule has 0 spiro atoms. The molecule has 31 heavy (non-hydrogen) atoms. The summed E-state index contributed by atoms with van der Waals surface area (Å²) in [5, 5.41) is 7.01. The van der Waals surface area contributed by atoms with Gasteiger partial charge in [0.1, 0.15) is 11.3 Å². The third-order valence-electron chi connectivity index (χ3n) is 5.23. The van der Waals surface area contributed by atoms with Gasteiger partial charge in [-0.05, 0) is 25.0 Å². The number of benzene rings is 2. The maximum absolute atomic E-state index is 13.7. The van der Waals surface area contributed by atoms with Gasteiger partial charge in [0.25, 0.3) is 12.3 Å². The van der Waals surface area contributed by atoms with Crippen LogP contribution in [0, 0.1) is 6.92 Å². The molecular weight excluding hydrogens is 398 g/mol. The molecule has 2 aromatic carbocycles. The Kier molecular flexibility index (Phi) is 5.75. The Balaban J connectivity index is 1.74. The molecule has 0 saturated heterocycles. The van der Waals surface area contributed by atoms with Gasteiger partial charge in [-0.25, -0.2) is 18.3 Å². The largest absolute Gasteiger partial charge is 0.345 e. The lowest BCUT2D eigenvalue weighted by molar-refractivity contribution is 0.0937. The average molecular weight is 420 g/mol. The molecule has 0 aliphatic carbocycles. The summed E-state index contributed by atoms with van der Waals surface area (Å²) in [5.41, 5.74) is 3.11. The highest BCUT2D eigenvalue weighted by Gasteiger charge is 2.23. The summed E-state index contributed by atoms with van der Waals surface area (Å²) >= 11 is 0. The van der Waals surface area contributed by atoms with Crippen molar-refractivity contribution < 1.29 is 13.6 Å². The van der Waals surface area contributed by atoms with Gasteiger partial charge in [-0.15, -0.1) is 0 Å². The number of fused-ring (bicyclic) bond motifs is 1. The number of amides is 1. The Bertz CT molecular complexity index is 1200. The maximum atomic E-state index is 13.7. The van der Waals surface area contributed by atoms with E-state index in [9.17, 15) is 13.6 Å². The predicted molar refractivity (Wildman–Crippen MR) is 115 cm³/mol. The summed E-state index contributed by atoms with van der Waals surface area (Å²) in [4.78, 5) is 17.6. The molecule has 4 aromatic rings. The van der Waals surface area contributed by atoms with Crippen LogP contribution in [0.25, 0.3) is 16.9 Å². The molecule has 0 aliphatic heterocycles. The lowest BCUT2D eigenvalue weighted by atomic mass is 10.0. The lowest BCUT2D eigenvalue weighted by Crippen LogP contribution is -2.28. The topological polar surface area (TPSA) is 59.3 Å². The van der Waals surface area contributed by atoms with E-state index in [1.807, 2.05) is 44.2 Å². The fraction of sp³-hybridized carbons (Fsp3) is 0.208. The van der Waals surface area contributed by atoms with Crippen LogP contribution in [-0.2, 0) is 0 Å². The third-order valence-corrected chi connectivity index (χ3v) is 5.23. The number of carbonyl (C=O) groups excluding carboxylic acids is 1. The van der Waals surface area contributed by atoms with Crippen molar-refractivity contribution >= 4 is 11.6 Å². The zero-order chi connectivity index (χ0) is 22.0. The van der Waals surface area contributed by atoms with Gasteiger partial charge in [-0.3, -0.25) is 4.79 Å². The van der Waals surface area contributed by atoms with E-state index in [1.54, 1.807) is 24.3 Å².